The van der Waals surface area contributed by atoms with Gasteiger partial charge in [-0.05, 0) is 42.8 Å². The largest absolute Gasteiger partial charge is 0.497 e. The zero-order valence-electron chi connectivity index (χ0n) is 12.2. The van der Waals surface area contributed by atoms with Crippen LogP contribution in [0.25, 0.3) is 0 Å². The predicted molar refractivity (Wildman–Crippen MR) is 84.1 cm³/mol. The molecular formula is C18H19NO2. The number of anilines is 1. The van der Waals surface area contributed by atoms with Crippen molar-refractivity contribution in [1.29, 1.82) is 0 Å². The van der Waals surface area contributed by atoms with Crippen LogP contribution in [-0.2, 0) is 0 Å². The van der Waals surface area contributed by atoms with E-state index < -0.39 is 0 Å². The minimum atomic E-state index is 0.0820. The molecule has 21 heavy (non-hydrogen) atoms. The van der Waals surface area contributed by atoms with Crippen LogP contribution in [-0.4, -0.2) is 26.0 Å². The van der Waals surface area contributed by atoms with Gasteiger partial charge in [0.15, 0.2) is 5.78 Å². The number of nitrogens with zero attached hydrogens (tertiary/aromatic N) is 1. The molecule has 3 heteroatoms. The topological polar surface area (TPSA) is 29.5 Å². The van der Waals surface area contributed by atoms with E-state index in [9.17, 15) is 4.79 Å². The third-order valence-corrected chi connectivity index (χ3v) is 4.05. The molecule has 0 amide bonds. The molecule has 0 spiro atoms. The van der Waals surface area contributed by atoms with Gasteiger partial charge in [-0.1, -0.05) is 18.2 Å². The van der Waals surface area contributed by atoms with Crippen molar-refractivity contribution in [3.8, 4) is 5.75 Å². The second kappa shape index (κ2) is 6.00. The molecule has 0 saturated carbocycles. The number of hydrogen-bond donors (Lipinski definition) is 0. The maximum absolute atomic E-state index is 12.6. The second-order valence-electron chi connectivity index (χ2n) is 5.36. The molecule has 0 aromatic heterocycles. The normalized spacial score (nSPS) is 17.8. The van der Waals surface area contributed by atoms with Gasteiger partial charge in [0.25, 0.3) is 0 Å². The molecule has 1 atom stereocenters. The van der Waals surface area contributed by atoms with E-state index in [1.165, 1.54) is 5.69 Å². The summed E-state index contributed by atoms with van der Waals surface area (Å²) < 4.78 is 5.13. The third kappa shape index (κ3) is 2.92. The van der Waals surface area contributed by atoms with Gasteiger partial charge < -0.3 is 9.64 Å². The van der Waals surface area contributed by atoms with Gasteiger partial charge in [-0.15, -0.1) is 0 Å². The zero-order chi connectivity index (χ0) is 14.7. The van der Waals surface area contributed by atoms with Crippen molar-refractivity contribution in [1.82, 2.24) is 0 Å². The number of hydrogen-bond acceptors (Lipinski definition) is 3. The Hall–Kier alpha value is -2.29. The van der Waals surface area contributed by atoms with Crippen LogP contribution in [0.2, 0.25) is 0 Å². The quantitative estimate of drug-likeness (QED) is 0.804. The van der Waals surface area contributed by atoms with Crippen molar-refractivity contribution in [3.63, 3.8) is 0 Å². The average molecular weight is 281 g/mol. The molecule has 1 aliphatic rings. The van der Waals surface area contributed by atoms with Crippen molar-refractivity contribution < 1.29 is 9.53 Å². The lowest BCUT2D eigenvalue weighted by Gasteiger charge is -2.18. The van der Waals surface area contributed by atoms with Gasteiger partial charge in [0.1, 0.15) is 5.75 Å². The van der Waals surface area contributed by atoms with Gasteiger partial charge in [-0.25, -0.2) is 0 Å². The highest BCUT2D eigenvalue weighted by atomic mass is 16.5. The number of benzene rings is 2. The molecule has 0 N–H and O–H groups in total. The Kier molecular flexibility index (Phi) is 3.91. The van der Waals surface area contributed by atoms with Gasteiger partial charge in [0.2, 0.25) is 0 Å². The van der Waals surface area contributed by atoms with Crippen LogP contribution in [0.3, 0.4) is 0 Å². The first-order valence-corrected chi connectivity index (χ1v) is 7.26. The van der Waals surface area contributed by atoms with E-state index in [-0.39, 0.29) is 11.7 Å². The standard InChI is InChI=1S/C18H19NO2/c1-21-17-9-7-14(8-10-17)18(20)15-11-12-19(13-15)16-5-3-2-4-6-16/h2-10,15H,11-13H2,1H3. The first-order chi connectivity index (χ1) is 10.3. The van der Waals surface area contributed by atoms with Gasteiger partial charge in [0.05, 0.1) is 7.11 Å². The molecule has 0 radical (unpaired) electrons. The predicted octanol–water partition coefficient (Wildman–Crippen LogP) is 3.40. The molecule has 1 fully saturated rings. The van der Waals surface area contributed by atoms with Crippen LogP contribution in [0.4, 0.5) is 5.69 Å². The number of para-hydroxylation sites is 1. The van der Waals surface area contributed by atoms with Crippen LogP contribution in [0.5, 0.6) is 5.75 Å². The summed E-state index contributed by atoms with van der Waals surface area (Å²) in [4.78, 5) is 14.8. The maximum Gasteiger partial charge on any atom is 0.167 e. The molecular weight excluding hydrogens is 262 g/mol. The van der Waals surface area contributed by atoms with Gasteiger partial charge in [0, 0.05) is 30.3 Å². The van der Waals surface area contributed by atoms with E-state index in [4.69, 9.17) is 4.74 Å². The molecule has 1 unspecified atom stereocenters. The molecule has 3 rings (SSSR count). The number of ether oxygens (including phenoxy) is 1. The number of methoxy groups -OCH3 is 1. The molecule has 0 aliphatic carbocycles. The minimum absolute atomic E-state index is 0.0820. The highest BCUT2D eigenvalue weighted by molar-refractivity contribution is 5.98. The van der Waals surface area contributed by atoms with E-state index in [0.29, 0.717) is 0 Å². The Bertz CT molecular complexity index is 607. The summed E-state index contributed by atoms with van der Waals surface area (Å²) in [6, 6.07) is 17.7. The number of carbonyl (C=O) groups is 1. The zero-order valence-corrected chi connectivity index (χ0v) is 12.2. The average Bonchev–Trinajstić information content (AvgIpc) is 3.05. The van der Waals surface area contributed by atoms with Crippen LogP contribution >= 0.6 is 0 Å². The van der Waals surface area contributed by atoms with Crippen molar-refractivity contribution in [2.75, 3.05) is 25.1 Å². The van der Waals surface area contributed by atoms with Crippen molar-refractivity contribution in [3.05, 3.63) is 60.2 Å². The Morgan fingerprint density at radius 3 is 2.48 bits per heavy atom. The van der Waals surface area contributed by atoms with Crippen molar-refractivity contribution in [2.24, 2.45) is 5.92 Å². The van der Waals surface area contributed by atoms with E-state index in [0.717, 1.165) is 30.8 Å². The highest BCUT2D eigenvalue weighted by Gasteiger charge is 2.28. The Labute approximate surface area is 125 Å². The number of carbonyl (C=O) groups excluding carboxylic acids is 1. The summed E-state index contributed by atoms with van der Waals surface area (Å²) in [5.41, 5.74) is 1.97. The molecule has 108 valence electrons. The molecule has 1 aliphatic heterocycles. The number of Topliss-reactive ketones (excluding diaryl/α,β-unsaturated/α-hetero) is 1. The van der Waals surface area contributed by atoms with Gasteiger partial charge in [-0.3, -0.25) is 4.79 Å². The van der Waals surface area contributed by atoms with E-state index >= 15 is 0 Å². The monoisotopic (exact) mass is 281 g/mol. The van der Waals surface area contributed by atoms with Crippen LogP contribution < -0.4 is 9.64 Å². The van der Waals surface area contributed by atoms with Crippen molar-refractivity contribution in [2.45, 2.75) is 6.42 Å². The lowest BCUT2D eigenvalue weighted by molar-refractivity contribution is 0.0931. The Balaban J connectivity index is 1.69. The second-order valence-corrected chi connectivity index (χ2v) is 5.36. The molecule has 3 nitrogen and oxygen atoms in total. The van der Waals surface area contributed by atoms with Crippen molar-refractivity contribution >= 4 is 11.5 Å². The van der Waals surface area contributed by atoms with Crippen LogP contribution in [0.1, 0.15) is 16.8 Å². The fourth-order valence-electron chi connectivity index (χ4n) is 2.84. The van der Waals surface area contributed by atoms with Crippen LogP contribution in [0, 0.1) is 5.92 Å². The fourth-order valence-corrected chi connectivity index (χ4v) is 2.84. The molecule has 1 heterocycles. The fraction of sp³-hybridized carbons (Fsp3) is 0.278. The molecule has 1 saturated heterocycles. The third-order valence-electron chi connectivity index (χ3n) is 4.05. The molecule has 2 aromatic carbocycles. The van der Waals surface area contributed by atoms with E-state index in [2.05, 4.69) is 17.0 Å². The highest BCUT2D eigenvalue weighted by Crippen LogP contribution is 2.26. The van der Waals surface area contributed by atoms with Gasteiger partial charge in [-0.2, -0.15) is 0 Å². The SMILES string of the molecule is COc1ccc(C(=O)C2CCN(c3ccccc3)C2)cc1. The number of ketones is 1. The first kappa shape index (κ1) is 13.7. The summed E-state index contributed by atoms with van der Waals surface area (Å²) in [6.07, 6.45) is 0.916. The molecule has 0 bridgehead atoms. The smallest absolute Gasteiger partial charge is 0.167 e. The summed E-state index contributed by atoms with van der Waals surface area (Å²) in [7, 11) is 1.63. The maximum atomic E-state index is 12.6. The summed E-state index contributed by atoms with van der Waals surface area (Å²) in [6.45, 7) is 1.74. The summed E-state index contributed by atoms with van der Waals surface area (Å²) in [5, 5.41) is 0. The van der Waals surface area contributed by atoms with Crippen LogP contribution in [0.15, 0.2) is 54.6 Å². The van der Waals surface area contributed by atoms with E-state index in [1.54, 1.807) is 7.11 Å². The summed E-state index contributed by atoms with van der Waals surface area (Å²) >= 11 is 0. The first-order valence-electron chi connectivity index (χ1n) is 7.26. The van der Waals surface area contributed by atoms with Gasteiger partial charge >= 0.3 is 0 Å². The Morgan fingerprint density at radius 1 is 1.10 bits per heavy atom. The number of rotatable bonds is 4. The minimum Gasteiger partial charge on any atom is -0.497 e. The lowest BCUT2D eigenvalue weighted by atomic mass is 9.97. The lowest BCUT2D eigenvalue weighted by Crippen LogP contribution is -2.22. The Morgan fingerprint density at radius 2 is 1.81 bits per heavy atom. The molecule has 2 aromatic rings. The van der Waals surface area contributed by atoms with E-state index in [1.807, 2.05) is 42.5 Å². The summed E-state index contributed by atoms with van der Waals surface area (Å²) in [5.74, 6) is 1.10.